The smallest absolute Gasteiger partial charge is 0.299 e. The van der Waals surface area contributed by atoms with E-state index < -0.39 is 24.3 Å². The van der Waals surface area contributed by atoms with Gasteiger partial charge < -0.3 is 0 Å². The van der Waals surface area contributed by atoms with Crippen molar-refractivity contribution in [3.05, 3.63) is 28.2 Å². The number of rotatable bonds is 4. The molecule has 0 bridgehead atoms. The molecule has 8 heteroatoms. The maximum Gasteiger partial charge on any atom is 0.389 e. The maximum absolute atomic E-state index is 14.1. The van der Waals surface area contributed by atoms with E-state index in [2.05, 4.69) is 26.0 Å². The third-order valence-corrected chi connectivity index (χ3v) is 4.18. The highest BCUT2D eigenvalue weighted by molar-refractivity contribution is 9.10. The van der Waals surface area contributed by atoms with E-state index >= 15 is 0 Å². The lowest BCUT2D eigenvalue weighted by atomic mass is 9.82. The summed E-state index contributed by atoms with van der Waals surface area (Å²) in [6.07, 6.45) is -5.47. The topological polar surface area (TPSA) is 28.5 Å². The van der Waals surface area contributed by atoms with E-state index in [1.54, 1.807) is 19.0 Å². The third kappa shape index (κ3) is 4.18. The molecular formula is C14H16BrF4N3. The fourth-order valence-electron chi connectivity index (χ4n) is 2.76. The highest BCUT2D eigenvalue weighted by Crippen LogP contribution is 2.37. The summed E-state index contributed by atoms with van der Waals surface area (Å²) in [6, 6.07) is 2.65. The van der Waals surface area contributed by atoms with Crippen molar-refractivity contribution in [3.8, 4) is 0 Å². The zero-order valence-corrected chi connectivity index (χ0v) is 13.7. The molecule has 0 N–H and O–H groups in total. The molecule has 0 fully saturated rings. The number of nitrogens with zero attached hydrogens (tertiary/aromatic N) is 3. The van der Waals surface area contributed by atoms with Crippen LogP contribution < -0.4 is 0 Å². The molecule has 1 aromatic heterocycles. The van der Waals surface area contributed by atoms with Gasteiger partial charge in [-0.2, -0.15) is 18.3 Å². The summed E-state index contributed by atoms with van der Waals surface area (Å²) in [5.41, 5.74) is 0.768. The van der Waals surface area contributed by atoms with Crippen LogP contribution in [0, 0.1) is 11.7 Å². The van der Waals surface area contributed by atoms with Gasteiger partial charge in [-0.15, -0.1) is 0 Å². The van der Waals surface area contributed by atoms with Crippen LogP contribution in [-0.2, 0) is 0 Å². The van der Waals surface area contributed by atoms with E-state index in [0.29, 0.717) is 16.9 Å². The Morgan fingerprint density at radius 3 is 2.64 bits per heavy atom. The predicted octanol–water partition coefficient (Wildman–Crippen LogP) is 4.35. The van der Waals surface area contributed by atoms with Crippen LogP contribution in [0.25, 0.3) is 0 Å². The van der Waals surface area contributed by atoms with E-state index in [4.69, 9.17) is 0 Å². The van der Waals surface area contributed by atoms with Gasteiger partial charge in [0.2, 0.25) is 0 Å². The molecule has 3 nitrogen and oxygen atoms in total. The summed E-state index contributed by atoms with van der Waals surface area (Å²) < 4.78 is 52.3. The van der Waals surface area contributed by atoms with Crippen molar-refractivity contribution < 1.29 is 17.6 Å². The monoisotopic (exact) mass is 381 g/mol. The van der Waals surface area contributed by atoms with Gasteiger partial charge in [-0.25, -0.2) is 9.37 Å². The van der Waals surface area contributed by atoms with Crippen molar-refractivity contribution in [3.63, 3.8) is 0 Å². The zero-order valence-electron chi connectivity index (χ0n) is 12.2. The molecular weight excluding hydrogens is 366 g/mol. The Morgan fingerprint density at radius 1 is 1.41 bits per heavy atom. The van der Waals surface area contributed by atoms with Gasteiger partial charge in [-0.3, -0.25) is 5.01 Å². The SMILES string of the molecule is CC1=NN(C)CC1C(CCC(F)(F)F)c1nc(Br)ccc1F. The Hall–Kier alpha value is -1.18. The van der Waals surface area contributed by atoms with E-state index in [9.17, 15) is 17.6 Å². The Kier molecular flexibility index (Phi) is 5.09. The number of hydrazone groups is 1. The first kappa shape index (κ1) is 17.2. The fourth-order valence-corrected chi connectivity index (χ4v) is 3.08. The summed E-state index contributed by atoms with van der Waals surface area (Å²) in [5.74, 6) is -1.52. The maximum atomic E-state index is 14.1. The Morgan fingerprint density at radius 2 is 2.09 bits per heavy atom. The molecule has 0 aliphatic carbocycles. The molecule has 0 aromatic carbocycles. The molecule has 0 saturated heterocycles. The lowest BCUT2D eigenvalue weighted by Crippen LogP contribution is -2.26. The summed E-state index contributed by atoms with van der Waals surface area (Å²) in [4.78, 5) is 4.08. The van der Waals surface area contributed by atoms with Crippen molar-refractivity contribution in [1.29, 1.82) is 0 Å². The molecule has 0 radical (unpaired) electrons. The third-order valence-electron chi connectivity index (χ3n) is 3.74. The second-order valence-electron chi connectivity index (χ2n) is 5.45. The number of alkyl halides is 3. The largest absolute Gasteiger partial charge is 0.389 e. The van der Waals surface area contributed by atoms with Crippen molar-refractivity contribution in [2.45, 2.75) is 31.9 Å². The van der Waals surface area contributed by atoms with Crippen LogP contribution in [0.2, 0.25) is 0 Å². The molecule has 1 aliphatic heterocycles. The minimum absolute atomic E-state index is 0.0634. The standard InChI is InChI=1S/C14H16BrF4N3/c1-8-10(7-22(2)21-8)9(5-6-14(17,18)19)13-11(16)3-4-12(15)20-13/h3-4,9-10H,5-7H2,1-2H3. The lowest BCUT2D eigenvalue weighted by molar-refractivity contribution is -0.136. The van der Waals surface area contributed by atoms with Crippen molar-refractivity contribution in [2.24, 2.45) is 11.0 Å². The summed E-state index contributed by atoms with van der Waals surface area (Å²) in [5, 5.41) is 5.88. The Bertz CT molecular complexity index is 574. The second kappa shape index (κ2) is 6.52. The quantitative estimate of drug-likeness (QED) is 0.572. The number of halogens is 5. The average Bonchev–Trinajstić information content (AvgIpc) is 2.72. The first-order valence-corrected chi connectivity index (χ1v) is 7.61. The zero-order chi connectivity index (χ0) is 16.5. The Labute approximate surface area is 134 Å². The molecule has 0 amide bonds. The van der Waals surface area contributed by atoms with E-state index in [-0.39, 0.29) is 18.0 Å². The molecule has 2 atom stereocenters. The molecule has 2 heterocycles. The number of pyridine rings is 1. The number of aromatic nitrogens is 1. The van der Waals surface area contributed by atoms with E-state index in [1.165, 1.54) is 12.1 Å². The molecule has 2 unspecified atom stereocenters. The first-order valence-electron chi connectivity index (χ1n) is 6.82. The molecule has 1 aromatic rings. The van der Waals surface area contributed by atoms with Crippen LogP contribution >= 0.6 is 15.9 Å². The highest BCUT2D eigenvalue weighted by Gasteiger charge is 2.37. The molecule has 122 valence electrons. The highest BCUT2D eigenvalue weighted by atomic mass is 79.9. The van der Waals surface area contributed by atoms with E-state index in [1.807, 2.05) is 0 Å². The van der Waals surface area contributed by atoms with Crippen molar-refractivity contribution in [1.82, 2.24) is 9.99 Å². The van der Waals surface area contributed by atoms with Crippen LogP contribution in [0.3, 0.4) is 0 Å². The van der Waals surface area contributed by atoms with Crippen molar-refractivity contribution in [2.75, 3.05) is 13.6 Å². The van der Waals surface area contributed by atoms with Crippen LogP contribution in [0.4, 0.5) is 17.6 Å². The Balaban J connectivity index is 2.33. The van der Waals surface area contributed by atoms with Gasteiger partial charge in [-0.1, -0.05) is 0 Å². The number of hydrogen-bond donors (Lipinski definition) is 0. The van der Waals surface area contributed by atoms with Crippen molar-refractivity contribution >= 4 is 21.6 Å². The van der Waals surface area contributed by atoms with Crippen LogP contribution in [0.15, 0.2) is 21.8 Å². The molecule has 22 heavy (non-hydrogen) atoms. The lowest BCUT2D eigenvalue weighted by Gasteiger charge is -2.24. The van der Waals surface area contributed by atoms with Gasteiger partial charge >= 0.3 is 6.18 Å². The molecule has 2 rings (SSSR count). The van der Waals surface area contributed by atoms with Gasteiger partial charge in [0.25, 0.3) is 0 Å². The average molecular weight is 382 g/mol. The predicted molar refractivity (Wildman–Crippen MR) is 79.2 cm³/mol. The van der Waals surface area contributed by atoms with Crippen LogP contribution in [0.1, 0.15) is 31.4 Å². The van der Waals surface area contributed by atoms with Crippen LogP contribution in [0.5, 0.6) is 0 Å². The summed E-state index contributed by atoms with van der Waals surface area (Å²) >= 11 is 3.15. The number of hydrogen-bond acceptors (Lipinski definition) is 3. The summed E-state index contributed by atoms with van der Waals surface area (Å²) in [7, 11) is 1.75. The van der Waals surface area contributed by atoms with Gasteiger partial charge in [0.05, 0.1) is 5.69 Å². The van der Waals surface area contributed by atoms with Gasteiger partial charge in [0.15, 0.2) is 0 Å². The minimum Gasteiger partial charge on any atom is -0.299 e. The second-order valence-corrected chi connectivity index (χ2v) is 6.26. The molecule has 0 saturated carbocycles. The molecule has 1 aliphatic rings. The fraction of sp³-hybridized carbons (Fsp3) is 0.571. The van der Waals surface area contributed by atoms with Crippen LogP contribution in [-0.4, -0.2) is 35.5 Å². The molecule has 0 spiro atoms. The van der Waals surface area contributed by atoms with Gasteiger partial charge in [-0.05, 0) is 41.4 Å². The van der Waals surface area contributed by atoms with Gasteiger partial charge in [0.1, 0.15) is 10.4 Å². The minimum atomic E-state index is -4.28. The van der Waals surface area contributed by atoms with E-state index in [0.717, 1.165) is 0 Å². The normalized spacial score (nSPS) is 20.2. The first-order chi connectivity index (χ1) is 10.2. The summed E-state index contributed by atoms with van der Waals surface area (Å²) in [6.45, 7) is 2.21. The van der Waals surface area contributed by atoms with Gasteiger partial charge in [0, 0.05) is 37.6 Å².